The molecule has 5 heteroatoms. The number of carbonyl (C=O) groups is 1. The van der Waals surface area contributed by atoms with Crippen LogP contribution in [0, 0.1) is 0 Å². The van der Waals surface area contributed by atoms with Crippen LogP contribution in [0.5, 0.6) is 11.5 Å². The molecule has 1 aromatic carbocycles. The summed E-state index contributed by atoms with van der Waals surface area (Å²) in [5.74, 6) is 1.67. The van der Waals surface area contributed by atoms with Gasteiger partial charge >= 0.3 is 0 Å². The summed E-state index contributed by atoms with van der Waals surface area (Å²) < 4.78 is 10.5. The average molecular weight is 306 g/mol. The van der Waals surface area contributed by atoms with Crippen molar-refractivity contribution in [3.63, 3.8) is 0 Å². The van der Waals surface area contributed by atoms with Crippen LogP contribution in [0.1, 0.15) is 24.8 Å². The topological polar surface area (TPSA) is 50.8 Å². The molecule has 1 aromatic rings. The summed E-state index contributed by atoms with van der Waals surface area (Å²) in [7, 11) is 5.18. The van der Waals surface area contributed by atoms with E-state index < -0.39 is 0 Å². The maximum absolute atomic E-state index is 12.4. The van der Waals surface area contributed by atoms with Crippen molar-refractivity contribution in [3.8, 4) is 11.5 Å². The number of likely N-dealkylation sites (tertiary alicyclic amines) is 1. The van der Waals surface area contributed by atoms with Gasteiger partial charge in [-0.15, -0.1) is 0 Å². The Morgan fingerprint density at radius 3 is 2.77 bits per heavy atom. The van der Waals surface area contributed by atoms with Crippen LogP contribution >= 0.6 is 0 Å². The number of ether oxygens (including phenoxy) is 2. The van der Waals surface area contributed by atoms with Crippen LogP contribution in [0.15, 0.2) is 18.2 Å². The smallest absolute Gasteiger partial charge is 0.223 e. The van der Waals surface area contributed by atoms with E-state index in [1.165, 1.54) is 0 Å². The average Bonchev–Trinajstić information content (AvgIpc) is 3.01. The minimum absolute atomic E-state index is 0.243. The Labute approximate surface area is 132 Å². The summed E-state index contributed by atoms with van der Waals surface area (Å²) in [5, 5.41) is 3.17. The first-order valence-corrected chi connectivity index (χ1v) is 7.84. The van der Waals surface area contributed by atoms with Gasteiger partial charge in [0.25, 0.3) is 0 Å². The number of aryl methyl sites for hydroxylation is 1. The monoisotopic (exact) mass is 306 g/mol. The first-order valence-electron chi connectivity index (χ1n) is 7.84. The zero-order valence-electron chi connectivity index (χ0n) is 13.7. The quantitative estimate of drug-likeness (QED) is 0.835. The van der Waals surface area contributed by atoms with Crippen LogP contribution in [0.4, 0.5) is 0 Å². The summed E-state index contributed by atoms with van der Waals surface area (Å²) in [6.45, 7) is 1.76. The Kier molecular flexibility index (Phi) is 6.07. The summed E-state index contributed by atoms with van der Waals surface area (Å²) in [6.07, 6.45) is 3.47. The van der Waals surface area contributed by atoms with Crippen molar-refractivity contribution in [3.05, 3.63) is 23.8 Å². The van der Waals surface area contributed by atoms with Crippen LogP contribution in [0.25, 0.3) is 0 Å². The lowest BCUT2D eigenvalue weighted by atomic mass is 10.1. The standard InChI is InChI=1S/C17H26N2O3/c1-18-12-14-5-4-10-19(14)17(20)9-7-13-6-8-15(21-2)16(11-13)22-3/h6,8,11,14,18H,4-5,7,9-10,12H2,1-3H3. The van der Waals surface area contributed by atoms with Gasteiger partial charge in [0.05, 0.1) is 14.2 Å². The van der Waals surface area contributed by atoms with Crippen molar-refractivity contribution in [1.29, 1.82) is 0 Å². The minimum atomic E-state index is 0.243. The second kappa shape index (κ2) is 8.03. The molecule has 0 bridgehead atoms. The van der Waals surface area contributed by atoms with Crippen molar-refractivity contribution in [2.45, 2.75) is 31.7 Å². The Hall–Kier alpha value is -1.75. The Morgan fingerprint density at radius 2 is 2.09 bits per heavy atom. The van der Waals surface area contributed by atoms with Gasteiger partial charge in [-0.05, 0) is 44.0 Å². The highest BCUT2D eigenvalue weighted by atomic mass is 16.5. The highest BCUT2D eigenvalue weighted by molar-refractivity contribution is 5.77. The largest absolute Gasteiger partial charge is 0.493 e. The second-order valence-electron chi connectivity index (χ2n) is 5.63. The number of methoxy groups -OCH3 is 2. The molecule has 1 amide bonds. The number of amides is 1. The molecule has 1 N–H and O–H groups in total. The predicted molar refractivity (Wildman–Crippen MR) is 86.5 cm³/mol. The van der Waals surface area contributed by atoms with Gasteiger partial charge in [-0.2, -0.15) is 0 Å². The van der Waals surface area contributed by atoms with Crippen LogP contribution in [-0.4, -0.2) is 51.2 Å². The number of nitrogens with zero attached hydrogens (tertiary/aromatic N) is 1. The van der Waals surface area contributed by atoms with E-state index in [0.29, 0.717) is 24.0 Å². The van der Waals surface area contributed by atoms with Gasteiger partial charge in [-0.25, -0.2) is 0 Å². The Balaban J connectivity index is 1.93. The molecular weight excluding hydrogens is 280 g/mol. The summed E-state index contributed by atoms with van der Waals surface area (Å²) in [5.41, 5.74) is 1.09. The third-order valence-corrected chi connectivity index (χ3v) is 4.21. The van der Waals surface area contributed by atoms with E-state index >= 15 is 0 Å². The molecule has 1 fully saturated rings. The van der Waals surface area contributed by atoms with Crippen molar-refractivity contribution >= 4 is 5.91 Å². The van der Waals surface area contributed by atoms with Gasteiger partial charge in [0.2, 0.25) is 5.91 Å². The third kappa shape index (κ3) is 3.91. The molecule has 1 heterocycles. The molecular formula is C17H26N2O3. The number of hydrogen-bond donors (Lipinski definition) is 1. The van der Waals surface area contributed by atoms with Crippen molar-refractivity contribution in [2.75, 3.05) is 34.4 Å². The SMILES string of the molecule is CNCC1CCCN1C(=O)CCc1ccc(OC)c(OC)c1. The first-order chi connectivity index (χ1) is 10.7. The van der Waals surface area contributed by atoms with E-state index in [1.807, 2.05) is 30.1 Å². The van der Waals surface area contributed by atoms with Crippen LogP contribution in [-0.2, 0) is 11.2 Å². The van der Waals surface area contributed by atoms with Gasteiger partial charge in [0.1, 0.15) is 0 Å². The number of nitrogens with one attached hydrogen (secondary N) is 1. The fourth-order valence-corrected chi connectivity index (χ4v) is 3.04. The normalized spacial score (nSPS) is 17.6. The molecule has 1 aliphatic rings. The fourth-order valence-electron chi connectivity index (χ4n) is 3.04. The van der Waals surface area contributed by atoms with Crippen molar-refractivity contribution in [2.24, 2.45) is 0 Å². The lowest BCUT2D eigenvalue weighted by Crippen LogP contribution is -2.40. The molecule has 0 radical (unpaired) electrons. The van der Waals surface area contributed by atoms with E-state index in [2.05, 4.69) is 5.32 Å². The zero-order chi connectivity index (χ0) is 15.9. The molecule has 2 rings (SSSR count). The maximum Gasteiger partial charge on any atom is 0.223 e. The molecule has 1 saturated heterocycles. The molecule has 122 valence electrons. The van der Waals surface area contributed by atoms with E-state index in [0.717, 1.165) is 37.9 Å². The molecule has 0 saturated carbocycles. The van der Waals surface area contributed by atoms with Gasteiger partial charge in [-0.3, -0.25) is 4.79 Å². The summed E-state index contributed by atoms with van der Waals surface area (Å²) in [6, 6.07) is 6.17. The zero-order valence-corrected chi connectivity index (χ0v) is 13.7. The first kappa shape index (κ1) is 16.6. The number of rotatable bonds is 7. The van der Waals surface area contributed by atoms with Crippen LogP contribution in [0.2, 0.25) is 0 Å². The van der Waals surface area contributed by atoms with Crippen molar-refractivity contribution in [1.82, 2.24) is 10.2 Å². The van der Waals surface area contributed by atoms with Gasteiger partial charge in [-0.1, -0.05) is 6.07 Å². The van der Waals surface area contributed by atoms with Gasteiger partial charge in [0, 0.05) is 25.6 Å². The molecule has 5 nitrogen and oxygen atoms in total. The maximum atomic E-state index is 12.4. The Bertz CT molecular complexity index is 505. The van der Waals surface area contributed by atoms with E-state index in [4.69, 9.17) is 9.47 Å². The molecule has 1 unspecified atom stereocenters. The van der Waals surface area contributed by atoms with Crippen molar-refractivity contribution < 1.29 is 14.3 Å². The molecule has 1 aliphatic heterocycles. The molecule has 0 aromatic heterocycles. The van der Waals surface area contributed by atoms with E-state index in [-0.39, 0.29) is 5.91 Å². The molecule has 0 aliphatic carbocycles. The van der Waals surface area contributed by atoms with Gasteiger partial charge < -0.3 is 19.7 Å². The number of carbonyl (C=O) groups excluding carboxylic acids is 1. The summed E-state index contributed by atoms with van der Waals surface area (Å²) >= 11 is 0. The lowest BCUT2D eigenvalue weighted by Gasteiger charge is -2.24. The molecule has 22 heavy (non-hydrogen) atoms. The third-order valence-electron chi connectivity index (χ3n) is 4.21. The number of benzene rings is 1. The van der Waals surface area contributed by atoms with E-state index in [1.54, 1.807) is 14.2 Å². The molecule has 1 atom stereocenters. The van der Waals surface area contributed by atoms with Gasteiger partial charge in [0.15, 0.2) is 11.5 Å². The molecule has 0 spiro atoms. The van der Waals surface area contributed by atoms with Crippen LogP contribution < -0.4 is 14.8 Å². The summed E-state index contributed by atoms with van der Waals surface area (Å²) in [4.78, 5) is 14.4. The predicted octanol–water partition coefficient (Wildman–Crippen LogP) is 1.85. The fraction of sp³-hybridized carbons (Fsp3) is 0.588. The number of likely N-dealkylation sites (N-methyl/N-ethyl adjacent to an activating group) is 1. The highest BCUT2D eigenvalue weighted by Crippen LogP contribution is 2.28. The lowest BCUT2D eigenvalue weighted by molar-refractivity contribution is -0.131. The van der Waals surface area contributed by atoms with Crippen LogP contribution in [0.3, 0.4) is 0 Å². The highest BCUT2D eigenvalue weighted by Gasteiger charge is 2.27. The number of hydrogen-bond acceptors (Lipinski definition) is 4. The Morgan fingerprint density at radius 1 is 1.32 bits per heavy atom. The second-order valence-corrected chi connectivity index (χ2v) is 5.63. The minimum Gasteiger partial charge on any atom is -0.493 e. The van der Waals surface area contributed by atoms with E-state index in [9.17, 15) is 4.79 Å².